The number of nitrogens with zero attached hydrogens (tertiary/aromatic N) is 4. The van der Waals surface area contributed by atoms with Crippen LogP contribution in [-0.4, -0.2) is 20.3 Å². The average molecular weight is 224 g/mol. The quantitative estimate of drug-likeness (QED) is 0.766. The normalized spacial score (nSPS) is 12.7. The molecule has 1 unspecified atom stereocenters. The number of hydrogen-bond donors (Lipinski definition) is 2. The van der Waals surface area contributed by atoms with Gasteiger partial charge in [0, 0.05) is 0 Å². The van der Waals surface area contributed by atoms with E-state index < -0.39 is 0 Å². The fourth-order valence-electron chi connectivity index (χ4n) is 1.05. The van der Waals surface area contributed by atoms with Gasteiger partial charge in [0.25, 0.3) is 0 Å². The van der Waals surface area contributed by atoms with E-state index in [0.29, 0.717) is 24.2 Å². The standard InChI is InChI=1S/C8H12N6O2/c1-4(9)7-12-13-8(15-7)10-3-6-11-5(2)14-16-6/h4H,3,9H2,1-2H3,(H,10,13). The molecule has 2 heterocycles. The molecule has 0 fully saturated rings. The summed E-state index contributed by atoms with van der Waals surface area (Å²) in [6.45, 7) is 3.84. The van der Waals surface area contributed by atoms with Crippen LogP contribution in [0.4, 0.5) is 6.01 Å². The summed E-state index contributed by atoms with van der Waals surface area (Å²) in [5.41, 5.74) is 5.57. The van der Waals surface area contributed by atoms with E-state index in [1.54, 1.807) is 13.8 Å². The summed E-state index contributed by atoms with van der Waals surface area (Å²) in [7, 11) is 0. The second kappa shape index (κ2) is 4.27. The number of aromatic nitrogens is 4. The Balaban J connectivity index is 1.94. The van der Waals surface area contributed by atoms with Crippen LogP contribution in [0.2, 0.25) is 0 Å². The van der Waals surface area contributed by atoms with E-state index >= 15 is 0 Å². The molecule has 0 aliphatic rings. The van der Waals surface area contributed by atoms with Gasteiger partial charge in [0.05, 0.1) is 12.6 Å². The van der Waals surface area contributed by atoms with Crippen molar-refractivity contribution in [1.82, 2.24) is 20.3 Å². The summed E-state index contributed by atoms with van der Waals surface area (Å²) in [5, 5.41) is 14.0. The van der Waals surface area contributed by atoms with Crippen LogP contribution in [-0.2, 0) is 6.54 Å². The number of nitrogens with one attached hydrogen (secondary N) is 1. The summed E-state index contributed by atoms with van der Waals surface area (Å²) in [4.78, 5) is 4.01. The predicted molar refractivity (Wildman–Crippen MR) is 53.3 cm³/mol. The van der Waals surface area contributed by atoms with Gasteiger partial charge in [0.15, 0.2) is 5.82 Å². The van der Waals surface area contributed by atoms with Crippen molar-refractivity contribution in [3.63, 3.8) is 0 Å². The van der Waals surface area contributed by atoms with E-state index in [-0.39, 0.29) is 12.1 Å². The van der Waals surface area contributed by atoms with Crippen molar-refractivity contribution in [3.8, 4) is 0 Å². The Labute approximate surface area is 91.2 Å². The van der Waals surface area contributed by atoms with Crippen LogP contribution in [0.1, 0.15) is 30.6 Å². The molecule has 0 radical (unpaired) electrons. The highest BCUT2D eigenvalue weighted by Gasteiger charge is 2.10. The van der Waals surface area contributed by atoms with Crippen LogP contribution >= 0.6 is 0 Å². The summed E-state index contributed by atoms with van der Waals surface area (Å²) in [6, 6.07) is -0.00291. The lowest BCUT2D eigenvalue weighted by Gasteiger charge is -1.96. The fourth-order valence-corrected chi connectivity index (χ4v) is 1.05. The number of rotatable bonds is 4. The number of anilines is 1. The van der Waals surface area contributed by atoms with Crippen molar-refractivity contribution in [2.45, 2.75) is 26.4 Å². The van der Waals surface area contributed by atoms with Crippen LogP contribution in [0.3, 0.4) is 0 Å². The zero-order valence-corrected chi connectivity index (χ0v) is 8.97. The van der Waals surface area contributed by atoms with Gasteiger partial charge in [-0.3, -0.25) is 0 Å². The Hall–Kier alpha value is -1.96. The predicted octanol–water partition coefficient (Wildman–Crippen LogP) is 0.393. The Bertz CT molecular complexity index is 463. The maximum atomic E-state index is 5.57. The molecule has 2 aromatic heterocycles. The minimum absolute atomic E-state index is 0.281. The van der Waals surface area contributed by atoms with Gasteiger partial charge in [-0.05, 0) is 13.8 Å². The molecule has 0 aliphatic carbocycles. The Kier molecular flexibility index (Phi) is 2.82. The largest absolute Gasteiger partial charge is 0.406 e. The topological polar surface area (TPSA) is 116 Å². The highest BCUT2D eigenvalue weighted by Crippen LogP contribution is 2.11. The maximum Gasteiger partial charge on any atom is 0.315 e. The Morgan fingerprint density at radius 3 is 2.81 bits per heavy atom. The number of hydrogen-bond acceptors (Lipinski definition) is 8. The minimum Gasteiger partial charge on any atom is -0.406 e. The van der Waals surface area contributed by atoms with Gasteiger partial charge >= 0.3 is 6.01 Å². The van der Waals surface area contributed by atoms with E-state index in [1.165, 1.54) is 0 Å². The molecule has 0 aliphatic heterocycles. The average Bonchev–Trinajstić information content (AvgIpc) is 2.83. The molecule has 0 bridgehead atoms. The van der Waals surface area contributed by atoms with E-state index in [4.69, 9.17) is 14.7 Å². The lowest BCUT2D eigenvalue weighted by atomic mass is 10.4. The first-order valence-corrected chi connectivity index (χ1v) is 4.77. The van der Waals surface area contributed by atoms with Gasteiger partial charge in [-0.15, -0.1) is 5.10 Å². The van der Waals surface area contributed by atoms with Crippen molar-refractivity contribution in [2.24, 2.45) is 5.73 Å². The molecule has 3 N–H and O–H groups in total. The van der Waals surface area contributed by atoms with Gasteiger partial charge in [0.2, 0.25) is 11.8 Å². The highest BCUT2D eigenvalue weighted by molar-refractivity contribution is 5.17. The number of aryl methyl sites for hydroxylation is 1. The molecular formula is C8H12N6O2. The second-order valence-corrected chi connectivity index (χ2v) is 3.32. The molecule has 0 spiro atoms. The summed E-state index contributed by atoms with van der Waals surface area (Å²) < 4.78 is 10.1. The summed E-state index contributed by atoms with van der Waals surface area (Å²) in [5.74, 6) is 1.42. The third-order valence-electron chi connectivity index (χ3n) is 1.79. The lowest BCUT2D eigenvalue weighted by Crippen LogP contribution is -2.04. The molecule has 0 saturated heterocycles. The minimum atomic E-state index is -0.284. The van der Waals surface area contributed by atoms with E-state index in [9.17, 15) is 0 Å². The van der Waals surface area contributed by atoms with Crippen LogP contribution < -0.4 is 11.1 Å². The second-order valence-electron chi connectivity index (χ2n) is 3.32. The molecule has 1 atom stereocenters. The molecule has 86 valence electrons. The molecule has 8 heteroatoms. The zero-order chi connectivity index (χ0) is 11.5. The van der Waals surface area contributed by atoms with Crippen LogP contribution in [0.25, 0.3) is 0 Å². The maximum absolute atomic E-state index is 5.57. The van der Waals surface area contributed by atoms with Gasteiger partial charge in [0.1, 0.15) is 0 Å². The Morgan fingerprint density at radius 2 is 2.25 bits per heavy atom. The molecule has 16 heavy (non-hydrogen) atoms. The lowest BCUT2D eigenvalue weighted by molar-refractivity contribution is 0.377. The first-order valence-electron chi connectivity index (χ1n) is 4.77. The smallest absolute Gasteiger partial charge is 0.315 e. The van der Waals surface area contributed by atoms with Gasteiger partial charge < -0.3 is 20.0 Å². The monoisotopic (exact) mass is 224 g/mol. The van der Waals surface area contributed by atoms with E-state index in [1.807, 2.05) is 0 Å². The summed E-state index contributed by atoms with van der Waals surface area (Å²) in [6.07, 6.45) is 0. The molecule has 0 aromatic carbocycles. The van der Waals surface area contributed by atoms with Crippen LogP contribution in [0.5, 0.6) is 0 Å². The molecule has 2 aromatic rings. The third-order valence-corrected chi connectivity index (χ3v) is 1.79. The third kappa shape index (κ3) is 2.34. The van der Waals surface area contributed by atoms with Crippen molar-refractivity contribution < 1.29 is 8.94 Å². The molecule has 0 amide bonds. The summed E-state index contributed by atoms with van der Waals surface area (Å²) >= 11 is 0. The highest BCUT2D eigenvalue weighted by atomic mass is 16.5. The van der Waals surface area contributed by atoms with Gasteiger partial charge in [-0.1, -0.05) is 10.3 Å². The van der Waals surface area contributed by atoms with Crippen molar-refractivity contribution in [2.75, 3.05) is 5.32 Å². The first kappa shape index (κ1) is 10.6. The molecule has 8 nitrogen and oxygen atoms in total. The Morgan fingerprint density at radius 1 is 1.44 bits per heavy atom. The first-order chi connectivity index (χ1) is 7.65. The van der Waals surface area contributed by atoms with E-state index in [0.717, 1.165) is 0 Å². The van der Waals surface area contributed by atoms with Crippen LogP contribution in [0, 0.1) is 6.92 Å². The fraction of sp³-hybridized carbons (Fsp3) is 0.500. The van der Waals surface area contributed by atoms with Gasteiger partial charge in [-0.25, -0.2) is 0 Å². The van der Waals surface area contributed by atoms with Crippen molar-refractivity contribution in [1.29, 1.82) is 0 Å². The molecule has 2 rings (SSSR count). The van der Waals surface area contributed by atoms with Crippen LogP contribution in [0.15, 0.2) is 8.94 Å². The SMILES string of the molecule is Cc1noc(CNc2nnc(C(C)N)o2)n1. The molecular weight excluding hydrogens is 212 g/mol. The van der Waals surface area contributed by atoms with Gasteiger partial charge in [-0.2, -0.15) is 4.98 Å². The number of nitrogens with two attached hydrogens (primary N) is 1. The zero-order valence-electron chi connectivity index (χ0n) is 8.97. The van der Waals surface area contributed by atoms with Crippen molar-refractivity contribution in [3.05, 3.63) is 17.6 Å². The van der Waals surface area contributed by atoms with Crippen molar-refractivity contribution >= 4 is 6.01 Å². The molecule has 0 saturated carbocycles. The van der Waals surface area contributed by atoms with E-state index in [2.05, 4.69) is 25.7 Å².